The molecule has 0 aliphatic carbocycles. The van der Waals surface area contributed by atoms with Crippen LogP contribution in [0.5, 0.6) is 0 Å². The van der Waals surface area contributed by atoms with Gasteiger partial charge in [0.05, 0.1) is 9.82 Å². The van der Waals surface area contributed by atoms with Crippen LogP contribution in [-0.4, -0.2) is 71.7 Å². The van der Waals surface area contributed by atoms with Crippen LogP contribution in [0, 0.1) is 10.1 Å². The van der Waals surface area contributed by atoms with Crippen molar-refractivity contribution in [2.75, 3.05) is 12.3 Å². The molecule has 182 valence electrons. The molecule has 0 saturated heterocycles. The lowest BCUT2D eigenvalue weighted by atomic mass is 10.1. The SMILES string of the molecule is O=C(O)CNC(=O)[C@@H](CS)NC(=O)CC[C@H](NS(=O)(=O)c1ccc(Cl)c([N+](=O)[O-])c1)C(=O)O. The minimum Gasteiger partial charge on any atom is -0.480 e. The third-order valence-electron chi connectivity index (χ3n) is 3.93. The number of nitrogens with one attached hydrogen (secondary N) is 3. The number of hydrogen-bond acceptors (Lipinski definition) is 9. The summed E-state index contributed by atoms with van der Waals surface area (Å²) in [7, 11) is -4.54. The molecule has 0 heterocycles. The lowest BCUT2D eigenvalue weighted by molar-refractivity contribution is -0.384. The van der Waals surface area contributed by atoms with Crippen molar-refractivity contribution in [2.24, 2.45) is 0 Å². The zero-order valence-electron chi connectivity index (χ0n) is 16.6. The van der Waals surface area contributed by atoms with Gasteiger partial charge in [0.2, 0.25) is 21.8 Å². The van der Waals surface area contributed by atoms with E-state index >= 15 is 0 Å². The summed E-state index contributed by atoms with van der Waals surface area (Å²) in [5.41, 5.74) is -0.704. The lowest BCUT2D eigenvalue weighted by Gasteiger charge is -2.17. The van der Waals surface area contributed by atoms with Gasteiger partial charge in [0.25, 0.3) is 5.69 Å². The molecule has 17 heteroatoms. The van der Waals surface area contributed by atoms with Gasteiger partial charge in [-0.05, 0) is 18.6 Å². The second-order valence-corrected chi connectivity index (χ2v) is 8.82. The van der Waals surface area contributed by atoms with E-state index in [1.807, 2.05) is 10.0 Å². The van der Waals surface area contributed by atoms with Gasteiger partial charge < -0.3 is 20.8 Å². The van der Waals surface area contributed by atoms with E-state index in [4.69, 9.17) is 16.7 Å². The number of amides is 2. The minimum absolute atomic E-state index is 0.193. The quantitative estimate of drug-likeness (QED) is 0.108. The zero-order valence-corrected chi connectivity index (χ0v) is 19.0. The summed E-state index contributed by atoms with van der Waals surface area (Å²) in [6, 6.07) is -0.440. The average Bonchev–Trinajstić information content (AvgIpc) is 2.72. The fourth-order valence-corrected chi connectivity index (χ4v) is 4.00. The molecule has 0 radical (unpaired) electrons. The van der Waals surface area contributed by atoms with Gasteiger partial charge in [-0.3, -0.25) is 29.3 Å². The Balaban J connectivity index is 2.84. The van der Waals surface area contributed by atoms with E-state index in [0.717, 1.165) is 12.1 Å². The van der Waals surface area contributed by atoms with Gasteiger partial charge in [-0.1, -0.05) is 11.6 Å². The molecule has 14 nitrogen and oxygen atoms in total. The Morgan fingerprint density at radius 3 is 2.33 bits per heavy atom. The number of nitrogens with zero attached hydrogens (tertiary/aromatic N) is 1. The van der Waals surface area contributed by atoms with Gasteiger partial charge in [-0.15, -0.1) is 0 Å². The van der Waals surface area contributed by atoms with Crippen molar-refractivity contribution in [3.8, 4) is 0 Å². The molecule has 5 N–H and O–H groups in total. The molecule has 0 aliphatic rings. The predicted octanol–water partition coefficient (Wildman–Crippen LogP) is -0.625. The van der Waals surface area contributed by atoms with Gasteiger partial charge in [-0.25, -0.2) is 8.42 Å². The van der Waals surface area contributed by atoms with Gasteiger partial charge in [0.15, 0.2) is 0 Å². The Bertz CT molecular complexity index is 1050. The number of aliphatic carboxylic acids is 2. The van der Waals surface area contributed by atoms with Crippen molar-refractivity contribution in [3.63, 3.8) is 0 Å². The number of nitro benzene ring substituents is 1. The van der Waals surface area contributed by atoms with E-state index in [9.17, 15) is 42.8 Å². The third-order valence-corrected chi connectivity index (χ3v) is 6.08. The van der Waals surface area contributed by atoms with E-state index in [1.54, 1.807) is 0 Å². The highest BCUT2D eigenvalue weighted by Crippen LogP contribution is 2.27. The first kappa shape index (κ1) is 28.1. The summed E-state index contributed by atoms with van der Waals surface area (Å²) in [6.45, 7) is -0.690. The number of carbonyl (C=O) groups excluding carboxylic acids is 2. The van der Waals surface area contributed by atoms with E-state index in [2.05, 4.69) is 17.9 Å². The zero-order chi connectivity index (χ0) is 25.3. The molecule has 1 aromatic carbocycles. The van der Waals surface area contributed by atoms with Gasteiger partial charge in [-0.2, -0.15) is 17.4 Å². The highest BCUT2D eigenvalue weighted by Gasteiger charge is 2.28. The van der Waals surface area contributed by atoms with Crippen LogP contribution < -0.4 is 15.4 Å². The number of nitro groups is 1. The first-order valence-electron chi connectivity index (χ1n) is 8.87. The van der Waals surface area contributed by atoms with Crippen molar-refractivity contribution in [3.05, 3.63) is 33.3 Å². The summed E-state index contributed by atoms with van der Waals surface area (Å²) in [4.78, 5) is 55.3. The van der Waals surface area contributed by atoms with Crippen LogP contribution in [0.15, 0.2) is 23.1 Å². The van der Waals surface area contributed by atoms with Crippen molar-refractivity contribution in [2.45, 2.75) is 29.8 Å². The fraction of sp³-hybridized carbons (Fsp3) is 0.375. The maximum absolute atomic E-state index is 12.5. The molecule has 1 rings (SSSR count). The molecular formula is C16H19ClN4O10S2. The highest BCUT2D eigenvalue weighted by molar-refractivity contribution is 7.89. The standard InChI is InChI=1S/C16H19ClN4O10S2/c17-9-2-1-8(5-12(9)21(28)29)33(30,31)20-10(16(26)27)3-4-13(22)19-11(7-32)15(25)18-6-14(23)24/h1-2,5,10-11,20,32H,3-4,6-7H2,(H,18,25)(H,19,22)(H,23,24)(H,26,27)/t10-,11+/m0/s1. The van der Waals surface area contributed by atoms with Crippen LogP contribution in [0.1, 0.15) is 12.8 Å². The first-order chi connectivity index (χ1) is 15.3. The minimum atomic E-state index is -4.54. The summed E-state index contributed by atoms with van der Waals surface area (Å²) in [5.74, 6) is -4.79. The molecule has 0 unspecified atom stereocenters. The molecule has 0 fully saturated rings. The molecule has 0 aliphatic heterocycles. The molecule has 33 heavy (non-hydrogen) atoms. The number of halogens is 1. The van der Waals surface area contributed by atoms with Crippen molar-refractivity contribution >= 4 is 63.7 Å². The van der Waals surface area contributed by atoms with Crippen LogP contribution >= 0.6 is 24.2 Å². The topological polar surface area (TPSA) is 222 Å². The number of carboxylic acid groups (broad SMARTS) is 2. The van der Waals surface area contributed by atoms with E-state index < -0.39 is 80.8 Å². The smallest absolute Gasteiger partial charge is 0.322 e. The maximum Gasteiger partial charge on any atom is 0.322 e. The Kier molecular flexibility index (Phi) is 10.5. The largest absolute Gasteiger partial charge is 0.480 e. The normalized spacial score (nSPS) is 12.9. The number of carboxylic acids is 2. The predicted molar refractivity (Wildman–Crippen MR) is 116 cm³/mol. The summed E-state index contributed by atoms with van der Waals surface area (Å²) < 4.78 is 26.8. The van der Waals surface area contributed by atoms with Crippen LogP contribution in [0.3, 0.4) is 0 Å². The number of rotatable bonds is 13. The van der Waals surface area contributed by atoms with Crippen molar-refractivity contribution in [1.29, 1.82) is 0 Å². The highest BCUT2D eigenvalue weighted by atomic mass is 35.5. The van der Waals surface area contributed by atoms with Gasteiger partial charge in [0, 0.05) is 18.2 Å². The fourth-order valence-electron chi connectivity index (χ4n) is 2.31. The Hall–Kier alpha value is -2.95. The molecule has 0 saturated carbocycles. The van der Waals surface area contributed by atoms with Crippen LogP contribution in [-0.2, 0) is 29.2 Å². The van der Waals surface area contributed by atoms with Crippen LogP contribution in [0.2, 0.25) is 5.02 Å². The number of carbonyl (C=O) groups is 4. The Morgan fingerprint density at radius 2 is 1.82 bits per heavy atom. The Morgan fingerprint density at radius 1 is 1.18 bits per heavy atom. The first-order valence-corrected chi connectivity index (χ1v) is 11.4. The summed E-state index contributed by atoms with van der Waals surface area (Å²) in [6.07, 6.45) is -1.07. The molecular weight excluding hydrogens is 508 g/mol. The Labute approximate surface area is 197 Å². The second kappa shape index (κ2) is 12.3. The third kappa shape index (κ3) is 8.83. The van der Waals surface area contributed by atoms with E-state index in [-0.39, 0.29) is 10.8 Å². The van der Waals surface area contributed by atoms with E-state index in [0.29, 0.717) is 6.07 Å². The number of hydrogen-bond donors (Lipinski definition) is 6. The van der Waals surface area contributed by atoms with Gasteiger partial charge >= 0.3 is 11.9 Å². The van der Waals surface area contributed by atoms with Gasteiger partial charge in [0.1, 0.15) is 23.7 Å². The maximum atomic E-state index is 12.5. The molecule has 2 amide bonds. The number of thiol groups is 1. The van der Waals surface area contributed by atoms with E-state index in [1.165, 1.54) is 0 Å². The average molecular weight is 527 g/mol. The number of sulfonamides is 1. The molecule has 0 bridgehead atoms. The van der Waals surface area contributed by atoms with Crippen molar-refractivity contribution in [1.82, 2.24) is 15.4 Å². The second-order valence-electron chi connectivity index (χ2n) is 6.34. The molecule has 1 aromatic rings. The summed E-state index contributed by atoms with van der Waals surface area (Å²) >= 11 is 9.51. The summed E-state index contributed by atoms with van der Waals surface area (Å²) in [5, 5.41) is 32.7. The van der Waals surface area contributed by atoms with Crippen LogP contribution in [0.25, 0.3) is 0 Å². The molecule has 0 spiro atoms. The van der Waals surface area contributed by atoms with Crippen LogP contribution in [0.4, 0.5) is 5.69 Å². The molecule has 0 aromatic heterocycles. The monoisotopic (exact) mass is 526 g/mol. The molecule has 2 atom stereocenters. The number of benzene rings is 1. The van der Waals surface area contributed by atoms with Crippen molar-refractivity contribution < 1.29 is 42.7 Å². The lowest BCUT2D eigenvalue weighted by Crippen LogP contribution is -2.49.